The number of carbonyl (C=O) groups excluding carboxylic acids is 1. The van der Waals surface area contributed by atoms with Crippen LogP contribution in [-0.4, -0.2) is 47.2 Å². The quantitative estimate of drug-likeness (QED) is 0.526. The second kappa shape index (κ2) is 9.92. The van der Waals surface area contributed by atoms with Gasteiger partial charge in [0, 0.05) is 56.8 Å². The summed E-state index contributed by atoms with van der Waals surface area (Å²) >= 11 is 0. The van der Waals surface area contributed by atoms with E-state index < -0.39 is 5.97 Å². The summed E-state index contributed by atoms with van der Waals surface area (Å²) in [6, 6.07) is 5.09. The van der Waals surface area contributed by atoms with Gasteiger partial charge in [0.1, 0.15) is 17.9 Å². The number of nitrogens with zero attached hydrogens (tertiary/aromatic N) is 3. The molecule has 0 radical (unpaired) electrons. The molecule has 0 aromatic carbocycles. The number of hydrogen-bond donors (Lipinski definition) is 0. The van der Waals surface area contributed by atoms with Gasteiger partial charge < -0.3 is 18.9 Å². The summed E-state index contributed by atoms with van der Waals surface area (Å²) in [4.78, 5) is 32.0. The lowest BCUT2D eigenvalue weighted by atomic mass is 9.94. The summed E-state index contributed by atoms with van der Waals surface area (Å²) in [5, 5.41) is 0. The number of pyridine rings is 2. The third kappa shape index (κ3) is 5.05. The van der Waals surface area contributed by atoms with Crippen LogP contribution in [0.2, 0.25) is 0 Å². The minimum absolute atomic E-state index is 0.144. The SMILES string of the molecule is COC(=O)c1c(OCc2ccncc2)cc(=O)n2c1CCN(C[C@@H]1CC=CCC1)CC2. The first-order valence-electron chi connectivity index (χ1n) is 10.9. The summed E-state index contributed by atoms with van der Waals surface area (Å²) < 4.78 is 12.7. The van der Waals surface area contributed by atoms with Crippen LogP contribution in [0.25, 0.3) is 0 Å². The molecule has 0 N–H and O–H groups in total. The second-order valence-corrected chi connectivity index (χ2v) is 8.16. The molecule has 7 heteroatoms. The fourth-order valence-corrected chi connectivity index (χ4v) is 4.44. The van der Waals surface area contributed by atoms with Crippen LogP contribution < -0.4 is 10.3 Å². The van der Waals surface area contributed by atoms with Crippen LogP contribution in [0.1, 0.15) is 40.9 Å². The van der Waals surface area contributed by atoms with Crippen molar-refractivity contribution in [3.63, 3.8) is 0 Å². The standard InChI is InChI=1S/C24H29N3O4/c1-30-24(29)23-20-9-12-26(16-18-5-3-2-4-6-18)13-14-27(20)22(28)15-21(23)31-17-19-7-10-25-11-8-19/h2-3,7-8,10-11,15,18H,4-6,9,12-14,16-17H2,1H3/t18-/m1/s1. The highest BCUT2D eigenvalue weighted by atomic mass is 16.5. The smallest absolute Gasteiger partial charge is 0.343 e. The molecule has 2 aromatic rings. The number of fused-ring (bicyclic) bond motifs is 1. The number of esters is 1. The van der Waals surface area contributed by atoms with Crippen molar-refractivity contribution in [1.82, 2.24) is 14.5 Å². The third-order valence-corrected chi connectivity index (χ3v) is 6.11. The van der Waals surface area contributed by atoms with Crippen LogP contribution in [0.4, 0.5) is 0 Å². The summed E-state index contributed by atoms with van der Waals surface area (Å²) in [5.74, 6) is 0.465. The number of rotatable bonds is 6. The lowest BCUT2D eigenvalue weighted by Gasteiger charge is -2.26. The molecule has 0 unspecified atom stereocenters. The molecule has 3 heterocycles. The Labute approximate surface area is 182 Å². The van der Waals surface area contributed by atoms with Crippen molar-refractivity contribution in [3.8, 4) is 5.75 Å². The molecule has 2 aromatic heterocycles. The fraction of sp³-hybridized carbons (Fsp3) is 0.458. The fourth-order valence-electron chi connectivity index (χ4n) is 4.44. The van der Waals surface area contributed by atoms with Gasteiger partial charge in [0.2, 0.25) is 0 Å². The van der Waals surface area contributed by atoms with Crippen molar-refractivity contribution in [2.75, 3.05) is 26.7 Å². The maximum Gasteiger partial charge on any atom is 0.343 e. The summed E-state index contributed by atoms with van der Waals surface area (Å²) in [6.45, 7) is 3.43. The molecule has 1 aliphatic carbocycles. The average molecular weight is 424 g/mol. The Bertz CT molecular complexity index is 1000. The van der Waals surface area contributed by atoms with Gasteiger partial charge in [-0.25, -0.2) is 4.79 Å². The molecule has 7 nitrogen and oxygen atoms in total. The summed E-state index contributed by atoms with van der Waals surface area (Å²) in [5.41, 5.74) is 1.83. The number of methoxy groups -OCH3 is 1. The van der Waals surface area contributed by atoms with Crippen molar-refractivity contribution in [2.45, 2.75) is 38.8 Å². The van der Waals surface area contributed by atoms with Crippen molar-refractivity contribution >= 4 is 5.97 Å². The summed E-state index contributed by atoms with van der Waals surface area (Å²) in [7, 11) is 1.36. The van der Waals surface area contributed by atoms with Gasteiger partial charge in [0.15, 0.2) is 0 Å². The molecule has 0 spiro atoms. The van der Waals surface area contributed by atoms with E-state index in [-0.39, 0.29) is 17.9 Å². The van der Waals surface area contributed by atoms with Gasteiger partial charge >= 0.3 is 5.97 Å². The Kier molecular flexibility index (Phi) is 6.82. The molecule has 164 valence electrons. The van der Waals surface area contributed by atoms with Gasteiger partial charge in [0.05, 0.1) is 7.11 Å². The molecule has 0 amide bonds. The number of aromatic nitrogens is 2. The molecule has 31 heavy (non-hydrogen) atoms. The van der Waals surface area contributed by atoms with E-state index in [0.29, 0.717) is 30.1 Å². The molecule has 2 aliphatic rings. The zero-order chi connectivity index (χ0) is 21.6. The molecular weight excluding hydrogens is 394 g/mol. The lowest BCUT2D eigenvalue weighted by Crippen LogP contribution is -2.33. The van der Waals surface area contributed by atoms with Crippen molar-refractivity contribution in [1.29, 1.82) is 0 Å². The van der Waals surface area contributed by atoms with Crippen LogP contribution in [0.5, 0.6) is 5.75 Å². The monoisotopic (exact) mass is 423 g/mol. The van der Waals surface area contributed by atoms with Gasteiger partial charge in [-0.3, -0.25) is 9.78 Å². The van der Waals surface area contributed by atoms with Gasteiger partial charge in [-0.2, -0.15) is 0 Å². The van der Waals surface area contributed by atoms with E-state index in [4.69, 9.17) is 9.47 Å². The van der Waals surface area contributed by atoms with Crippen molar-refractivity contribution < 1.29 is 14.3 Å². The van der Waals surface area contributed by atoms with E-state index in [1.165, 1.54) is 19.6 Å². The molecule has 0 fully saturated rings. The predicted molar refractivity (Wildman–Crippen MR) is 117 cm³/mol. The first-order chi connectivity index (χ1) is 15.2. The van der Waals surface area contributed by atoms with Crippen LogP contribution in [0.15, 0.2) is 47.5 Å². The highest BCUT2D eigenvalue weighted by Crippen LogP contribution is 2.26. The van der Waals surface area contributed by atoms with Gasteiger partial charge in [-0.15, -0.1) is 0 Å². The Morgan fingerprint density at radius 1 is 1.19 bits per heavy atom. The number of ether oxygens (including phenoxy) is 2. The topological polar surface area (TPSA) is 73.7 Å². The van der Waals surface area contributed by atoms with E-state index in [1.54, 1.807) is 17.0 Å². The highest BCUT2D eigenvalue weighted by Gasteiger charge is 2.27. The second-order valence-electron chi connectivity index (χ2n) is 8.16. The van der Waals surface area contributed by atoms with E-state index in [9.17, 15) is 9.59 Å². The molecule has 4 rings (SSSR count). The maximum atomic E-state index is 12.9. The third-order valence-electron chi connectivity index (χ3n) is 6.11. The van der Waals surface area contributed by atoms with E-state index in [0.717, 1.165) is 38.0 Å². The summed E-state index contributed by atoms with van der Waals surface area (Å²) in [6.07, 6.45) is 12.0. The number of allylic oxidation sites excluding steroid dienone is 2. The molecule has 1 atom stereocenters. The Balaban J connectivity index is 1.58. The minimum Gasteiger partial charge on any atom is -0.488 e. The van der Waals surface area contributed by atoms with E-state index >= 15 is 0 Å². The Morgan fingerprint density at radius 2 is 2.03 bits per heavy atom. The highest BCUT2D eigenvalue weighted by molar-refractivity contribution is 5.93. The molecular formula is C24H29N3O4. The predicted octanol–water partition coefficient (Wildman–Crippen LogP) is 2.82. The average Bonchev–Trinajstić information content (AvgIpc) is 3.02. The normalized spacial score (nSPS) is 18.8. The lowest BCUT2D eigenvalue weighted by molar-refractivity contribution is 0.0592. The molecule has 0 saturated carbocycles. The van der Waals surface area contributed by atoms with E-state index in [2.05, 4.69) is 22.0 Å². The van der Waals surface area contributed by atoms with Crippen LogP contribution >= 0.6 is 0 Å². The zero-order valence-electron chi connectivity index (χ0n) is 18.0. The largest absolute Gasteiger partial charge is 0.488 e. The Morgan fingerprint density at radius 3 is 2.77 bits per heavy atom. The number of hydrogen-bond acceptors (Lipinski definition) is 6. The Hall–Kier alpha value is -2.93. The number of carbonyl (C=O) groups is 1. The molecule has 0 bridgehead atoms. The first kappa shape index (κ1) is 21.3. The van der Waals surface area contributed by atoms with Crippen LogP contribution in [0.3, 0.4) is 0 Å². The zero-order valence-corrected chi connectivity index (χ0v) is 18.0. The van der Waals surface area contributed by atoms with Crippen molar-refractivity contribution in [2.24, 2.45) is 5.92 Å². The van der Waals surface area contributed by atoms with E-state index in [1.807, 2.05) is 12.1 Å². The first-order valence-corrected chi connectivity index (χ1v) is 10.9. The van der Waals surface area contributed by atoms with Crippen LogP contribution in [0, 0.1) is 5.92 Å². The molecule has 0 saturated heterocycles. The van der Waals surface area contributed by atoms with Crippen LogP contribution in [-0.2, 0) is 24.3 Å². The maximum absolute atomic E-state index is 12.9. The van der Waals surface area contributed by atoms with Gasteiger partial charge in [0.25, 0.3) is 5.56 Å². The molecule has 1 aliphatic heterocycles. The van der Waals surface area contributed by atoms with Crippen molar-refractivity contribution in [3.05, 3.63) is 69.9 Å². The van der Waals surface area contributed by atoms with Gasteiger partial charge in [-0.1, -0.05) is 12.2 Å². The minimum atomic E-state index is -0.473. The van der Waals surface area contributed by atoms with Gasteiger partial charge in [-0.05, 0) is 42.9 Å².